The molecular weight excluding hydrogens is 174 g/mol. The molecule has 0 aliphatic heterocycles. The monoisotopic (exact) mass is 187 g/mol. The van der Waals surface area contributed by atoms with E-state index < -0.39 is 0 Å². The zero-order valence-electron chi connectivity index (χ0n) is 7.89. The van der Waals surface area contributed by atoms with Crippen LogP contribution in [0.1, 0.15) is 17.4 Å². The standard InChI is InChI=1S/C12H13NO/c13-11(12-7-4-8-14-12)9-10-5-2-1-3-6-10/h1-8,11H,9,13H2. The van der Waals surface area contributed by atoms with Gasteiger partial charge in [0.1, 0.15) is 5.76 Å². The van der Waals surface area contributed by atoms with Gasteiger partial charge in [0.05, 0.1) is 12.3 Å². The van der Waals surface area contributed by atoms with Gasteiger partial charge in [0.25, 0.3) is 0 Å². The van der Waals surface area contributed by atoms with Gasteiger partial charge in [-0.05, 0) is 24.1 Å². The minimum Gasteiger partial charge on any atom is -0.468 e. The van der Waals surface area contributed by atoms with E-state index >= 15 is 0 Å². The second-order valence-electron chi connectivity index (χ2n) is 3.31. The third-order valence-electron chi connectivity index (χ3n) is 2.21. The summed E-state index contributed by atoms with van der Waals surface area (Å²) in [7, 11) is 0. The van der Waals surface area contributed by atoms with Crippen LogP contribution in [-0.4, -0.2) is 0 Å². The summed E-state index contributed by atoms with van der Waals surface area (Å²) >= 11 is 0. The SMILES string of the molecule is NC(Cc1ccccc1)c1ccco1. The highest BCUT2D eigenvalue weighted by Crippen LogP contribution is 2.15. The molecule has 1 heterocycles. The van der Waals surface area contributed by atoms with Gasteiger partial charge in [0.2, 0.25) is 0 Å². The molecule has 0 saturated heterocycles. The van der Waals surface area contributed by atoms with Gasteiger partial charge in [0.15, 0.2) is 0 Å². The Kier molecular flexibility index (Phi) is 2.65. The van der Waals surface area contributed by atoms with E-state index in [0.29, 0.717) is 0 Å². The van der Waals surface area contributed by atoms with Crippen molar-refractivity contribution in [3.05, 3.63) is 60.1 Å². The maximum Gasteiger partial charge on any atom is 0.120 e. The Morgan fingerprint density at radius 3 is 2.50 bits per heavy atom. The quantitative estimate of drug-likeness (QED) is 0.801. The lowest BCUT2D eigenvalue weighted by molar-refractivity contribution is 0.464. The van der Waals surface area contributed by atoms with Crippen molar-refractivity contribution < 1.29 is 4.42 Å². The van der Waals surface area contributed by atoms with E-state index in [0.717, 1.165) is 12.2 Å². The van der Waals surface area contributed by atoms with Gasteiger partial charge in [-0.25, -0.2) is 0 Å². The maximum absolute atomic E-state index is 5.98. The van der Waals surface area contributed by atoms with Gasteiger partial charge in [-0.15, -0.1) is 0 Å². The van der Waals surface area contributed by atoms with Gasteiger partial charge in [-0.3, -0.25) is 0 Å². The Morgan fingerprint density at radius 1 is 1.07 bits per heavy atom. The third-order valence-corrected chi connectivity index (χ3v) is 2.21. The highest BCUT2D eigenvalue weighted by Gasteiger charge is 2.08. The van der Waals surface area contributed by atoms with E-state index in [1.165, 1.54) is 5.56 Å². The molecule has 1 aromatic carbocycles. The molecule has 0 amide bonds. The van der Waals surface area contributed by atoms with E-state index in [1.54, 1.807) is 6.26 Å². The first-order chi connectivity index (χ1) is 6.86. The molecule has 0 radical (unpaired) electrons. The van der Waals surface area contributed by atoms with Crippen molar-refractivity contribution in [2.45, 2.75) is 12.5 Å². The maximum atomic E-state index is 5.98. The second-order valence-corrected chi connectivity index (χ2v) is 3.31. The van der Waals surface area contributed by atoms with Crippen LogP contribution in [0.15, 0.2) is 53.1 Å². The van der Waals surface area contributed by atoms with Gasteiger partial charge in [-0.2, -0.15) is 0 Å². The zero-order valence-corrected chi connectivity index (χ0v) is 7.89. The van der Waals surface area contributed by atoms with E-state index in [4.69, 9.17) is 10.2 Å². The summed E-state index contributed by atoms with van der Waals surface area (Å²) < 4.78 is 5.24. The predicted octanol–water partition coefficient (Wildman–Crippen LogP) is 2.52. The summed E-state index contributed by atoms with van der Waals surface area (Å²) in [4.78, 5) is 0. The number of rotatable bonds is 3. The second kappa shape index (κ2) is 4.11. The lowest BCUT2D eigenvalue weighted by Gasteiger charge is -2.07. The largest absolute Gasteiger partial charge is 0.468 e. The van der Waals surface area contributed by atoms with Crippen LogP contribution in [0.4, 0.5) is 0 Å². The van der Waals surface area contributed by atoms with E-state index in [2.05, 4.69) is 12.1 Å². The average molecular weight is 187 g/mol. The Morgan fingerprint density at radius 2 is 1.86 bits per heavy atom. The Labute approximate surface area is 83.4 Å². The minimum absolute atomic E-state index is 0.0487. The number of nitrogens with two attached hydrogens (primary N) is 1. The van der Waals surface area contributed by atoms with Crippen LogP contribution in [-0.2, 0) is 6.42 Å². The molecule has 0 saturated carbocycles. The molecule has 0 aliphatic carbocycles. The highest BCUT2D eigenvalue weighted by atomic mass is 16.3. The molecule has 2 rings (SSSR count). The molecule has 2 N–H and O–H groups in total. The smallest absolute Gasteiger partial charge is 0.120 e. The Bertz CT molecular complexity index is 366. The lowest BCUT2D eigenvalue weighted by atomic mass is 10.1. The molecule has 14 heavy (non-hydrogen) atoms. The topological polar surface area (TPSA) is 39.2 Å². The first-order valence-electron chi connectivity index (χ1n) is 4.69. The fraction of sp³-hybridized carbons (Fsp3) is 0.167. The molecule has 2 nitrogen and oxygen atoms in total. The summed E-state index contributed by atoms with van der Waals surface area (Å²) in [6, 6.07) is 13.9. The molecule has 0 spiro atoms. The molecule has 0 bridgehead atoms. The molecule has 1 unspecified atom stereocenters. The molecule has 2 aromatic rings. The number of furan rings is 1. The zero-order chi connectivity index (χ0) is 9.80. The molecule has 0 aliphatic rings. The van der Waals surface area contributed by atoms with Crippen molar-refractivity contribution in [3.63, 3.8) is 0 Å². The van der Waals surface area contributed by atoms with Crippen LogP contribution in [0.2, 0.25) is 0 Å². The summed E-state index contributed by atoms with van der Waals surface area (Å²) in [5, 5.41) is 0. The molecule has 1 aromatic heterocycles. The van der Waals surface area contributed by atoms with Gasteiger partial charge >= 0.3 is 0 Å². The van der Waals surface area contributed by atoms with Crippen molar-refractivity contribution >= 4 is 0 Å². The number of hydrogen-bond donors (Lipinski definition) is 1. The molecular formula is C12H13NO. The molecule has 2 heteroatoms. The lowest BCUT2D eigenvalue weighted by Crippen LogP contribution is -2.12. The highest BCUT2D eigenvalue weighted by molar-refractivity contribution is 5.18. The normalized spacial score (nSPS) is 12.6. The van der Waals surface area contributed by atoms with E-state index in [-0.39, 0.29) is 6.04 Å². The molecule has 0 fully saturated rings. The third kappa shape index (κ3) is 2.03. The van der Waals surface area contributed by atoms with Crippen molar-refractivity contribution in [2.75, 3.05) is 0 Å². The van der Waals surface area contributed by atoms with Gasteiger partial charge in [-0.1, -0.05) is 30.3 Å². The number of hydrogen-bond acceptors (Lipinski definition) is 2. The van der Waals surface area contributed by atoms with E-state index in [9.17, 15) is 0 Å². The summed E-state index contributed by atoms with van der Waals surface area (Å²) in [6.07, 6.45) is 2.47. The summed E-state index contributed by atoms with van der Waals surface area (Å²) in [6.45, 7) is 0. The van der Waals surface area contributed by atoms with Crippen LogP contribution < -0.4 is 5.73 Å². The van der Waals surface area contributed by atoms with Gasteiger partial charge in [0, 0.05) is 0 Å². The van der Waals surface area contributed by atoms with E-state index in [1.807, 2.05) is 30.3 Å². The fourth-order valence-corrected chi connectivity index (χ4v) is 1.47. The van der Waals surface area contributed by atoms with Crippen molar-refractivity contribution in [1.29, 1.82) is 0 Å². The first kappa shape index (κ1) is 9.03. The summed E-state index contributed by atoms with van der Waals surface area (Å²) in [5.74, 6) is 0.842. The Hall–Kier alpha value is -1.54. The minimum atomic E-state index is -0.0487. The molecule has 72 valence electrons. The van der Waals surface area contributed by atoms with Crippen molar-refractivity contribution in [3.8, 4) is 0 Å². The Balaban J connectivity index is 2.06. The van der Waals surface area contributed by atoms with Crippen LogP contribution in [0, 0.1) is 0 Å². The van der Waals surface area contributed by atoms with Gasteiger partial charge < -0.3 is 10.2 Å². The summed E-state index contributed by atoms with van der Waals surface area (Å²) in [5.41, 5.74) is 7.21. The van der Waals surface area contributed by atoms with Crippen LogP contribution >= 0.6 is 0 Å². The van der Waals surface area contributed by atoms with Crippen LogP contribution in [0.25, 0.3) is 0 Å². The average Bonchev–Trinajstić information content (AvgIpc) is 2.72. The first-order valence-corrected chi connectivity index (χ1v) is 4.69. The fourth-order valence-electron chi connectivity index (χ4n) is 1.47. The van der Waals surface area contributed by atoms with Crippen molar-refractivity contribution in [2.24, 2.45) is 5.73 Å². The van der Waals surface area contributed by atoms with Crippen molar-refractivity contribution in [1.82, 2.24) is 0 Å². The van der Waals surface area contributed by atoms with Crippen LogP contribution in [0.5, 0.6) is 0 Å². The van der Waals surface area contributed by atoms with Crippen LogP contribution in [0.3, 0.4) is 0 Å². The predicted molar refractivity (Wildman–Crippen MR) is 55.8 cm³/mol. The molecule has 1 atom stereocenters. The number of benzene rings is 1.